The third kappa shape index (κ3) is 16.1. The van der Waals surface area contributed by atoms with Crippen LogP contribution in [-0.2, 0) is 21.7 Å². The van der Waals surface area contributed by atoms with E-state index >= 15 is 0 Å². The van der Waals surface area contributed by atoms with Crippen LogP contribution in [0.1, 0.15) is 54.4 Å². The van der Waals surface area contributed by atoms with Crippen molar-refractivity contribution in [2.75, 3.05) is 0 Å². The maximum Gasteiger partial charge on any atom is 2.00 e. The Balaban J connectivity index is 0. The van der Waals surface area contributed by atoms with Gasteiger partial charge < -0.3 is 17.7 Å². The fourth-order valence-corrected chi connectivity index (χ4v) is 2.24. The minimum atomic E-state index is 0. The van der Waals surface area contributed by atoms with Gasteiger partial charge in [0.15, 0.2) is 0 Å². The largest absolute Gasteiger partial charge is 2.00 e. The van der Waals surface area contributed by atoms with Crippen LogP contribution in [0.3, 0.4) is 0 Å². The first-order valence-electron chi connectivity index (χ1n) is 9.09. The van der Waals surface area contributed by atoms with Crippen LogP contribution in [0.4, 0.5) is 0 Å². The summed E-state index contributed by atoms with van der Waals surface area (Å²) in [6.07, 6.45) is 28.9. The van der Waals surface area contributed by atoms with Gasteiger partial charge in [0.2, 0.25) is 0 Å². The minimum absolute atomic E-state index is 0. The summed E-state index contributed by atoms with van der Waals surface area (Å²) in [5.74, 6) is 1.19. The fraction of sp³-hybridized carbons (Fsp3) is 0.417. The van der Waals surface area contributed by atoms with Crippen molar-refractivity contribution in [3.8, 4) is 0 Å². The molecule has 0 aliphatic heterocycles. The third-order valence-electron chi connectivity index (χ3n) is 3.39. The molecule has 2 fully saturated rings. The van der Waals surface area contributed by atoms with E-state index in [1.807, 2.05) is 64.2 Å². The molecule has 2 saturated carbocycles. The van der Waals surface area contributed by atoms with Crippen molar-refractivity contribution in [1.29, 1.82) is 0 Å². The van der Waals surface area contributed by atoms with Gasteiger partial charge in [-0.05, 0) is 64.2 Å². The smallest absolute Gasteiger partial charge is 0.530 e. The predicted octanol–water partition coefficient (Wildman–Crippen LogP) is 6.62. The number of hydrogen-bond acceptors (Lipinski definition) is 0. The zero-order chi connectivity index (χ0) is 18.2. The third-order valence-corrected chi connectivity index (χ3v) is 3.39. The van der Waals surface area contributed by atoms with E-state index in [0.717, 1.165) is 12.8 Å². The first-order chi connectivity index (χ1) is 11.5. The summed E-state index contributed by atoms with van der Waals surface area (Å²) < 4.78 is 0. The van der Waals surface area contributed by atoms with Gasteiger partial charge in [0, 0.05) is 0 Å². The Hall–Kier alpha value is 0.194. The standard InChI is InChI=1S/C14H24.2C5H5.Ti/c1-7-9-13(8-2)10-14(11(3)4)12(5)6;2*1-2-4-5-3-1;/h11-12H,7-8H2,1-6H3;2*1-5H;/q-2;;;+2. The Kier molecular flexibility index (Phi) is 20.8. The van der Waals surface area contributed by atoms with E-state index in [0.29, 0.717) is 11.8 Å². The molecule has 0 N–H and O–H groups in total. The van der Waals surface area contributed by atoms with E-state index in [1.54, 1.807) is 0 Å². The second kappa shape index (κ2) is 19.0. The summed E-state index contributed by atoms with van der Waals surface area (Å²) in [5, 5.41) is 0. The van der Waals surface area contributed by atoms with Crippen molar-refractivity contribution in [2.45, 2.75) is 54.4 Å². The predicted molar refractivity (Wildman–Crippen MR) is 107 cm³/mol. The SMILES string of the molecule is CC[C-]=C([C-]=C(C(C)C)C(C)C)CC.[CH]1[CH][CH][CH][CH]1.[CH]1[CH][CH][CH][CH]1.[Ti+2]. The molecule has 2 aliphatic carbocycles. The second-order valence-corrected chi connectivity index (χ2v) is 6.18. The summed E-state index contributed by atoms with van der Waals surface area (Å²) in [6.45, 7) is 13.2. The van der Waals surface area contributed by atoms with Gasteiger partial charge in [-0.25, -0.2) is 5.57 Å². The molecule has 1 heteroatoms. The van der Waals surface area contributed by atoms with Crippen LogP contribution < -0.4 is 0 Å². The molecule has 2 rings (SSSR count). The molecule has 0 atom stereocenters. The summed E-state index contributed by atoms with van der Waals surface area (Å²) in [4.78, 5) is 0. The van der Waals surface area contributed by atoms with Crippen molar-refractivity contribution in [3.05, 3.63) is 87.5 Å². The van der Waals surface area contributed by atoms with Crippen LogP contribution in [0.25, 0.3) is 0 Å². The van der Waals surface area contributed by atoms with Crippen molar-refractivity contribution >= 4 is 0 Å². The molecule has 10 radical (unpaired) electrons. The van der Waals surface area contributed by atoms with Gasteiger partial charge in [-0.15, -0.1) is 0 Å². The average Bonchev–Trinajstić information content (AvgIpc) is 3.29. The normalized spacial score (nSPS) is 16.6. The molecule has 0 aromatic heterocycles. The first kappa shape index (κ1) is 27.4. The monoisotopic (exact) mass is 370 g/mol. The second-order valence-electron chi connectivity index (χ2n) is 6.18. The minimum Gasteiger partial charge on any atom is -0.530 e. The summed E-state index contributed by atoms with van der Waals surface area (Å²) >= 11 is 0. The molecule has 0 nitrogen and oxygen atoms in total. The van der Waals surface area contributed by atoms with Gasteiger partial charge in [-0.2, -0.15) is 6.42 Å². The topological polar surface area (TPSA) is 0 Å². The Bertz CT molecular complexity index is 293. The molecule has 0 aromatic carbocycles. The van der Waals surface area contributed by atoms with Crippen molar-refractivity contribution < 1.29 is 21.7 Å². The van der Waals surface area contributed by atoms with Gasteiger partial charge in [0.05, 0.1) is 0 Å². The molecule has 0 amide bonds. The average molecular weight is 370 g/mol. The fourth-order valence-electron chi connectivity index (χ4n) is 2.24. The van der Waals surface area contributed by atoms with Crippen LogP contribution >= 0.6 is 0 Å². The van der Waals surface area contributed by atoms with Crippen LogP contribution in [0.5, 0.6) is 0 Å². The molecular weight excluding hydrogens is 336 g/mol. The molecular formula is C24H34Ti. The van der Waals surface area contributed by atoms with E-state index in [2.05, 4.69) is 53.7 Å². The molecule has 25 heavy (non-hydrogen) atoms. The van der Waals surface area contributed by atoms with Crippen molar-refractivity contribution in [3.63, 3.8) is 0 Å². The number of hydrogen-bond donors (Lipinski definition) is 0. The van der Waals surface area contributed by atoms with Crippen LogP contribution in [0, 0.1) is 88.2 Å². The van der Waals surface area contributed by atoms with Crippen LogP contribution in [-0.4, -0.2) is 0 Å². The van der Waals surface area contributed by atoms with Gasteiger partial charge in [-0.3, -0.25) is 0 Å². The molecule has 0 heterocycles. The maximum atomic E-state index is 3.53. The van der Waals surface area contributed by atoms with Crippen LogP contribution in [0.2, 0.25) is 0 Å². The number of allylic oxidation sites excluding steroid dienone is 4. The van der Waals surface area contributed by atoms with E-state index < -0.39 is 0 Å². The summed E-state index contributed by atoms with van der Waals surface area (Å²) in [5.41, 5.74) is 2.66. The van der Waals surface area contributed by atoms with Gasteiger partial charge in [-0.1, -0.05) is 59.8 Å². The zero-order valence-electron chi connectivity index (χ0n) is 16.8. The van der Waals surface area contributed by atoms with Crippen molar-refractivity contribution in [2.24, 2.45) is 11.8 Å². The molecule has 0 unspecified atom stereocenters. The Morgan fingerprint density at radius 3 is 1.20 bits per heavy atom. The Morgan fingerprint density at radius 2 is 1.00 bits per heavy atom. The molecule has 0 bridgehead atoms. The molecule has 134 valence electrons. The zero-order valence-corrected chi connectivity index (χ0v) is 18.4. The molecule has 2 aliphatic rings. The Morgan fingerprint density at radius 1 is 0.680 bits per heavy atom. The van der Waals surface area contributed by atoms with Gasteiger partial charge >= 0.3 is 21.7 Å². The quantitative estimate of drug-likeness (QED) is 0.290. The van der Waals surface area contributed by atoms with E-state index in [4.69, 9.17) is 0 Å². The molecule has 0 spiro atoms. The van der Waals surface area contributed by atoms with Gasteiger partial charge in [0.1, 0.15) is 0 Å². The molecule has 0 aromatic rings. The van der Waals surface area contributed by atoms with Gasteiger partial charge in [0.25, 0.3) is 0 Å². The van der Waals surface area contributed by atoms with Crippen LogP contribution in [0.15, 0.2) is 11.1 Å². The Labute approximate surface area is 175 Å². The maximum absolute atomic E-state index is 3.53. The first-order valence-corrected chi connectivity index (χ1v) is 9.09. The van der Waals surface area contributed by atoms with E-state index in [-0.39, 0.29) is 21.7 Å². The number of rotatable bonds is 5. The van der Waals surface area contributed by atoms with E-state index in [9.17, 15) is 0 Å². The van der Waals surface area contributed by atoms with Crippen molar-refractivity contribution in [1.82, 2.24) is 0 Å². The molecule has 0 saturated heterocycles. The summed E-state index contributed by atoms with van der Waals surface area (Å²) in [6, 6.07) is 0. The van der Waals surface area contributed by atoms with E-state index in [1.165, 1.54) is 11.1 Å². The summed E-state index contributed by atoms with van der Waals surface area (Å²) in [7, 11) is 0.